The Morgan fingerprint density at radius 2 is 2.33 bits per heavy atom. The predicted molar refractivity (Wildman–Crippen MR) is 84.2 cm³/mol. The molecule has 1 aliphatic rings. The summed E-state index contributed by atoms with van der Waals surface area (Å²) in [6, 6.07) is 2.88. The van der Waals surface area contributed by atoms with Gasteiger partial charge in [0.25, 0.3) is 0 Å². The molecule has 3 heteroatoms. The fourth-order valence-corrected chi connectivity index (χ4v) is 4.69. The lowest BCUT2D eigenvalue weighted by Gasteiger charge is -2.33. The van der Waals surface area contributed by atoms with Gasteiger partial charge in [-0.2, -0.15) is 0 Å². The largest absolute Gasteiger partial charge is 0.309 e. The smallest absolute Gasteiger partial charge is 0.0443 e. The van der Waals surface area contributed by atoms with Gasteiger partial charge in [0.1, 0.15) is 0 Å². The summed E-state index contributed by atoms with van der Waals surface area (Å²) in [5, 5.41) is 5.99. The molecule has 1 heterocycles. The van der Waals surface area contributed by atoms with Crippen LogP contribution in [-0.2, 0) is 0 Å². The maximum atomic E-state index is 3.78. The van der Waals surface area contributed by atoms with Gasteiger partial charge in [-0.3, -0.25) is 0 Å². The molecule has 0 spiro atoms. The highest BCUT2D eigenvalue weighted by atomic mass is 79.9. The van der Waals surface area contributed by atoms with Crippen molar-refractivity contribution < 1.29 is 0 Å². The summed E-state index contributed by atoms with van der Waals surface area (Å²) in [5.41, 5.74) is 0. The molecule has 1 nitrogen and oxygen atoms in total. The molecule has 1 fully saturated rings. The Labute approximate surface area is 123 Å². The number of rotatable bonds is 5. The summed E-state index contributed by atoms with van der Waals surface area (Å²) in [5.74, 6) is 1.73. The molecule has 2 rings (SSSR count). The zero-order valence-corrected chi connectivity index (χ0v) is 13.8. The number of thiophene rings is 1. The van der Waals surface area contributed by atoms with Gasteiger partial charge in [0.2, 0.25) is 0 Å². The van der Waals surface area contributed by atoms with Gasteiger partial charge in [0, 0.05) is 20.8 Å². The van der Waals surface area contributed by atoms with Crippen LogP contribution in [0.4, 0.5) is 0 Å². The molecule has 1 aliphatic carbocycles. The lowest BCUT2D eigenvalue weighted by atomic mass is 9.78. The van der Waals surface area contributed by atoms with E-state index in [1.807, 2.05) is 11.3 Å². The average Bonchev–Trinajstić information content (AvgIpc) is 2.76. The maximum absolute atomic E-state index is 3.78. The summed E-state index contributed by atoms with van der Waals surface area (Å²) >= 11 is 5.48. The van der Waals surface area contributed by atoms with Crippen molar-refractivity contribution >= 4 is 27.3 Å². The molecule has 0 saturated heterocycles. The minimum atomic E-state index is 0.573. The monoisotopic (exact) mass is 329 g/mol. The van der Waals surface area contributed by atoms with Gasteiger partial charge in [-0.25, -0.2) is 0 Å². The van der Waals surface area contributed by atoms with Crippen LogP contribution < -0.4 is 5.32 Å². The van der Waals surface area contributed by atoms with Gasteiger partial charge >= 0.3 is 0 Å². The summed E-state index contributed by atoms with van der Waals surface area (Å²) in [6.45, 7) is 5.79. The predicted octanol–water partition coefficient (Wildman–Crippen LogP) is 5.38. The molecule has 1 aromatic rings. The first kappa shape index (κ1) is 14.5. The van der Waals surface area contributed by atoms with Gasteiger partial charge in [-0.1, -0.05) is 26.7 Å². The molecule has 3 unspecified atom stereocenters. The van der Waals surface area contributed by atoms with E-state index in [2.05, 4.69) is 46.5 Å². The molecule has 0 radical (unpaired) electrons. The molecule has 0 aromatic carbocycles. The summed E-state index contributed by atoms with van der Waals surface area (Å²) < 4.78 is 1.23. The van der Waals surface area contributed by atoms with E-state index in [-0.39, 0.29) is 0 Å². The number of hydrogen-bond acceptors (Lipinski definition) is 2. The highest BCUT2D eigenvalue weighted by Crippen LogP contribution is 2.39. The normalized spacial score (nSPS) is 26.2. The quantitative estimate of drug-likeness (QED) is 0.764. The maximum Gasteiger partial charge on any atom is 0.0443 e. The number of nitrogens with one attached hydrogen (secondary N) is 1. The lowest BCUT2D eigenvalue weighted by molar-refractivity contribution is 0.226. The van der Waals surface area contributed by atoms with Crippen LogP contribution in [0.2, 0.25) is 0 Å². The molecule has 3 atom stereocenters. The Hall–Kier alpha value is 0.140. The Kier molecular flexibility index (Phi) is 5.71. The van der Waals surface area contributed by atoms with Gasteiger partial charge in [-0.15, -0.1) is 11.3 Å². The number of hydrogen-bond donors (Lipinski definition) is 1. The second-order valence-electron chi connectivity index (χ2n) is 5.63. The van der Waals surface area contributed by atoms with Crippen molar-refractivity contribution in [1.82, 2.24) is 5.32 Å². The van der Waals surface area contributed by atoms with Crippen molar-refractivity contribution in [2.24, 2.45) is 11.8 Å². The van der Waals surface area contributed by atoms with E-state index in [4.69, 9.17) is 0 Å². The third-order valence-electron chi connectivity index (χ3n) is 3.96. The molecular weight excluding hydrogens is 306 g/mol. The Balaban J connectivity index is 2.08. The van der Waals surface area contributed by atoms with Gasteiger partial charge in [0.15, 0.2) is 0 Å². The summed E-state index contributed by atoms with van der Waals surface area (Å²) in [7, 11) is 0. The molecule has 1 N–H and O–H groups in total. The minimum Gasteiger partial charge on any atom is -0.309 e. The lowest BCUT2D eigenvalue weighted by Crippen LogP contribution is -2.31. The van der Waals surface area contributed by atoms with Gasteiger partial charge in [-0.05, 0) is 59.6 Å². The van der Waals surface area contributed by atoms with E-state index in [0.717, 1.165) is 18.4 Å². The van der Waals surface area contributed by atoms with Crippen molar-refractivity contribution in [2.75, 3.05) is 6.54 Å². The average molecular weight is 330 g/mol. The van der Waals surface area contributed by atoms with Crippen molar-refractivity contribution in [1.29, 1.82) is 0 Å². The van der Waals surface area contributed by atoms with E-state index in [1.54, 1.807) is 0 Å². The SMILES string of the molecule is CCCNC(c1cc(Br)cs1)C1CCCC(C)C1. The Morgan fingerprint density at radius 3 is 2.94 bits per heavy atom. The van der Waals surface area contributed by atoms with Crippen LogP contribution in [0.1, 0.15) is 56.9 Å². The third kappa shape index (κ3) is 3.82. The topological polar surface area (TPSA) is 12.0 Å². The first-order chi connectivity index (χ1) is 8.70. The zero-order chi connectivity index (χ0) is 13.0. The first-order valence-corrected chi connectivity index (χ1v) is 8.85. The summed E-state index contributed by atoms with van der Waals surface area (Å²) in [6.07, 6.45) is 6.82. The van der Waals surface area contributed by atoms with Gasteiger partial charge < -0.3 is 5.32 Å². The molecule has 18 heavy (non-hydrogen) atoms. The summed E-state index contributed by atoms with van der Waals surface area (Å²) in [4.78, 5) is 1.51. The van der Waals surface area contributed by atoms with Crippen LogP contribution in [0.5, 0.6) is 0 Å². The molecule has 0 amide bonds. The molecule has 0 aliphatic heterocycles. The fraction of sp³-hybridized carbons (Fsp3) is 0.733. The molecule has 0 bridgehead atoms. The Bertz CT molecular complexity index is 363. The van der Waals surface area contributed by atoms with E-state index in [0.29, 0.717) is 6.04 Å². The van der Waals surface area contributed by atoms with Gasteiger partial charge in [0.05, 0.1) is 0 Å². The molecule has 102 valence electrons. The standard InChI is InChI=1S/C15H24BrNS/c1-3-7-17-15(14-9-13(16)10-18-14)12-6-4-5-11(2)8-12/h9-12,15,17H,3-8H2,1-2H3. The van der Waals surface area contributed by atoms with Crippen molar-refractivity contribution in [3.8, 4) is 0 Å². The van der Waals surface area contributed by atoms with Crippen LogP contribution >= 0.6 is 27.3 Å². The van der Waals surface area contributed by atoms with Crippen LogP contribution in [-0.4, -0.2) is 6.54 Å². The number of halogens is 1. The first-order valence-electron chi connectivity index (χ1n) is 7.18. The van der Waals surface area contributed by atoms with Crippen LogP contribution in [0, 0.1) is 11.8 Å². The van der Waals surface area contributed by atoms with Crippen LogP contribution in [0.15, 0.2) is 15.9 Å². The van der Waals surface area contributed by atoms with Crippen LogP contribution in [0.3, 0.4) is 0 Å². The van der Waals surface area contributed by atoms with E-state index >= 15 is 0 Å². The second kappa shape index (κ2) is 7.06. The minimum absolute atomic E-state index is 0.573. The Morgan fingerprint density at radius 1 is 1.50 bits per heavy atom. The zero-order valence-electron chi connectivity index (χ0n) is 11.4. The van der Waals surface area contributed by atoms with Crippen LogP contribution in [0.25, 0.3) is 0 Å². The molecule has 1 aromatic heterocycles. The van der Waals surface area contributed by atoms with Crippen molar-refractivity contribution in [3.63, 3.8) is 0 Å². The molecule has 1 saturated carbocycles. The van der Waals surface area contributed by atoms with Crippen molar-refractivity contribution in [3.05, 3.63) is 20.8 Å². The van der Waals surface area contributed by atoms with E-state index in [9.17, 15) is 0 Å². The van der Waals surface area contributed by atoms with Crippen molar-refractivity contribution in [2.45, 2.75) is 52.0 Å². The van der Waals surface area contributed by atoms with E-state index in [1.165, 1.54) is 41.5 Å². The second-order valence-corrected chi connectivity index (χ2v) is 7.49. The third-order valence-corrected chi connectivity index (χ3v) is 5.73. The molecular formula is C15H24BrNS. The highest BCUT2D eigenvalue weighted by molar-refractivity contribution is 9.10. The fourth-order valence-electron chi connectivity index (χ4n) is 3.07. The van der Waals surface area contributed by atoms with E-state index < -0.39 is 0 Å². The highest BCUT2D eigenvalue weighted by Gasteiger charge is 2.28.